The van der Waals surface area contributed by atoms with Crippen LogP contribution in [-0.4, -0.2) is 24.5 Å². The Kier molecular flexibility index (Phi) is 2.87. The van der Waals surface area contributed by atoms with E-state index in [4.69, 9.17) is 0 Å². The predicted molar refractivity (Wildman–Crippen MR) is 60.3 cm³/mol. The molecule has 1 fully saturated rings. The summed E-state index contributed by atoms with van der Waals surface area (Å²) in [6.07, 6.45) is 2.60. The van der Waals surface area contributed by atoms with Gasteiger partial charge in [0.1, 0.15) is 0 Å². The maximum Gasteiger partial charge on any atom is 0.00672 e. The molecule has 0 N–H and O–H groups in total. The molecule has 0 aromatic heterocycles. The Morgan fingerprint density at radius 1 is 1.29 bits per heavy atom. The van der Waals surface area contributed by atoms with E-state index in [2.05, 4.69) is 49.2 Å². The van der Waals surface area contributed by atoms with E-state index in [1.165, 1.54) is 24.9 Å². The van der Waals surface area contributed by atoms with E-state index in [-0.39, 0.29) is 0 Å². The fourth-order valence-electron chi connectivity index (χ4n) is 2.42. The summed E-state index contributed by atoms with van der Waals surface area (Å²) in [5.41, 5.74) is 1.49. The van der Waals surface area contributed by atoms with Crippen LogP contribution >= 0.6 is 0 Å². The van der Waals surface area contributed by atoms with Crippen LogP contribution < -0.4 is 0 Å². The van der Waals surface area contributed by atoms with E-state index >= 15 is 0 Å². The Bertz CT molecular complexity index is 271. The highest BCUT2D eigenvalue weighted by atomic mass is 15.1. The molecule has 0 aliphatic carbocycles. The highest BCUT2D eigenvalue weighted by Gasteiger charge is 2.25. The molecule has 1 aromatic carbocycles. The van der Waals surface area contributed by atoms with E-state index < -0.39 is 0 Å². The quantitative estimate of drug-likeness (QED) is 0.691. The number of hydrogen-bond donors (Lipinski definition) is 0. The molecular formula is C13H19N. The van der Waals surface area contributed by atoms with Gasteiger partial charge in [-0.2, -0.15) is 0 Å². The normalized spacial score (nSPS) is 28.1. The lowest BCUT2D eigenvalue weighted by molar-refractivity contribution is 0.325. The minimum absolute atomic E-state index is 0.767. The van der Waals surface area contributed by atoms with Gasteiger partial charge in [-0.05, 0) is 38.3 Å². The minimum atomic E-state index is 0.767. The first-order valence-electron chi connectivity index (χ1n) is 5.50. The molecule has 0 radical (unpaired) electrons. The van der Waals surface area contributed by atoms with Crippen molar-refractivity contribution in [3.63, 3.8) is 0 Å². The van der Waals surface area contributed by atoms with Gasteiger partial charge in [-0.3, -0.25) is 0 Å². The maximum atomic E-state index is 2.47. The molecule has 0 bridgehead atoms. The summed E-state index contributed by atoms with van der Waals surface area (Å²) < 4.78 is 0. The third kappa shape index (κ3) is 2.16. The lowest BCUT2D eigenvalue weighted by Crippen LogP contribution is -2.21. The van der Waals surface area contributed by atoms with E-state index in [1.54, 1.807) is 0 Å². The zero-order valence-corrected chi connectivity index (χ0v) is 9.11. The molecule has 2 atom stereocenters. The molecule has 1 aromatic rings. The second-order valence-corrected chi connectivity index (χ2v) is 4.58. The highest BCUT2D eigenvalue weighted by molar-refractivity contribution is 5.15. The molecule has 14 heavy (non-hydrogen) atoms. The van der Waals surface area contributed by atoms with Crippen molar-refractivity contribution >= 4 is 0 Å². The van der Waals surface area contributed by atoms with Crippen molar-refractivity contribution in [2.75, 3.05) is 13.6 Å². The van der Waals surface area contributed by atoms with Crippen molar-refractivity contribution < 1.29 is 0 Å². The maximum absolute atomic E-state index is 2.47. The first-order valence-corrected chi connectivity index (χ1v) is 5.50. The number of hydrogen-bond acceptors (Lipinski definition) is 1. The van der Waals surface area contributed by atoms with Gasteiger partial charge < -0.3 is 4.90 Å². The van der Waals surface area contributed by atoms with Crippen LogP contribution in [0.25, 0.3) is 0 Å². The van der Waals surface area contributed by atoms with Crippen molar-refractivity contribution in [2.45, 2.75) is 25.8 Å². The van der Waals surface area contributed by atoms with Crippen molar-refractivity contribution in [3.05, 3.63) is 35.9 Å². The Morgan fingerprint density at radius 3 is 2.57 bits per heavy atom. The predicted octanol–water partition coefficient (Wildman–Crippen LogP) is 2.57. The molecule has 0 saturated carbocycles. The molecule has 0 amide bonds. The number of nitrogens with zero attached hydrogens (tertiary/aromatic N) is 1. The molecular weight excluding hydrogens is 170 g/mol. The van der Waals surface area contributed by atoms with Gasteiger partial charge in [0.05, 0.1) is 0 Å². The number of likely N-dealkylation sites (tertiary alicyclic amines) is 1. The second kappa shape index (κ2) is 4.14. The molecule has 1 aliphatic rings. The molecule has 2 unspecified atom stereocenters. The summed E-state index contributed by atoms with van der Waals surface area (Å²) in [6, 6.07) is 11.6. The zero-order chi connectivity index (χ0) is 9.97. The van der Waals surface area contributed by atoms with Gasteiger partial charge >= 0.3 is 0 Å². The van der Waals surface area contributed by atoms with Gasteiger partial charge in [0.15, 0.2) is 0 Å². The van der Waals surface area contributed by atoms with Gasteiger partial charge in [0, 0.05) is 12.6 Å². The Balaban J connectivity index is 1.94. The molecule has 1 saturated heterocycles. The minimum Gasteiger partial charge on any atom is -0.303 e. The first kappa shape index (κ1) is 9.72. The van der Waals surface area contributed by atoms with Crippen molar-refractivity contribution in [2.24, 2.45) is 5.92 Å². The molecule has 1 aliphatic heterocycles. The van der Waals surface area contributed by atoms with Crippen LogP contribution in [0.15, 0.2) is 30.3 Å². The fraction of sp³-hybridized carbons (Fsp3) is 0.538. The van der Waals surface area contributed by atoms with Crippen LogP contribution in [0.3, 0.4) is 0 Å². The molecule has 2 rings (SSSR count). The van der Waals surface area contributed by atoms with Crippen molar-refractivity contribution in [3.8, 4) is 0 Å². The van der Waals surface area contributed by atoms with Gasteiger partial charge in [-0.1, -0.05) is 30.3 Å². The van der Waals surface area contributed by atoms with Crippen LogP contribution in [0.2, 0.25) is 0 Å². The summed E-state index contributed by atoms with van der Waals surface area (Å²) in [5, 5.41) is 0. The molecule has 1 heteroatoms. The third-order valence-electron chi connectivity index (χ3n) is 3.34. The van der Waals surface area contributed by atoms with E-state index in [0.29, 0.717) is 0 Å². The third-order valence-corrected chi connectivity index (χ3v) is 3.34. The van der Waals surface area contributed by atoms with Gasteiger partial charge in [-0.25, -0.2) is 0 Å². The first-order chi connectivity index (χ1) is 6.75. The second-order valence-electron chi connectivity index (χ2n) is 4.58. The zero-order valence-electron chi connectivity index (χ0n) is 9.11. The molecule has 1 heterocycles. The van der Waals surface area contributed by atoms with E-state index in [9.17, 15) is 0 Å². The topological polar surface area (TPSA) is 3.24 Å². The summed E-state index contributed by atoms with van der Waals surface area (Å²) in [7, 11) is 2.23. The van der Waals surface area contributed by atoms with E-state index in [0.717, 1.165) is 12.0 Å². The standard InChI is InChI=1S/C13H19N/c1-11-8-13(10-14(11)2)9-12-6-4-3-5-7-12/h3-7,11,13H,8-10H2,1-2H3. The average molecular weight is 189 g/mol. The van der Waals surface area contributed by atoms with Gasteiger partial charge in [0.25, 0.3) is 0 Å². The lowest BCUT2D eigenvalue weighted by atomic mass is 9.97. The smallest absolute Gasteiger partial charge is 0.00672 e. The summed E-state index contributed by atoms with van der Waals surface area (Å²) in [6.45, 7) is 3.58. The van der Waals surface area contributed by atoms with Crippen LogP contribution in [0.5, 0.6) is 0 Å². The lowest BCUT2D eigenvalue weighted by Gasteiger charge is -2.12. The van der Waals surface area contributed by atoms with Crippen LogP contribution in [0.1, 0.15) is 18.9 Å². The summed E-state index contributed by atoms with van der Waals surface area (Å²) in [4.78, 5) is 2.47. The van der Waals surface area contributed by atoms with Crippen molar-refractivity contribution in [1.82, 2.24) is 4.90 Å². The summed E-state index contributed by atoms with van der Waals surface area (Å²) in [5.74, 6) is 0.859. The molecule has 1 nitrogen and oxygen atoms in total. The van der Waals surface area contributed by atoms with Gasteiger partial charge in [0.2, 0.25) is 0 Å². The number of benzene rings is 1. The molecule has 76 valence electrons. The average Bonchev–Trinajstić information content (AvgIpc) is 2.47. The number of rotatable bonds is 2. The Hall–Kier alpha value is -0.820. The SMILES string of the molecule is CC1CC(Cc2ccccc2)CN1C. The van der Waals surface area contributed by atoms with Crippen LogP contribution in [0, 0.1) is 5.92 Å². The van der Waals surface area contributed by atoms with E-state index in [1.807, 2.05) is 0 Å². The monoisotopic (exact) mass is 189 g/mol. The van der Waals surface area contributed by atoms with Gasteiger partial charge in [-0.15, -0.1) is 0 Å². The summed E-state index contributed by atoms with van der Waals surface area (Å²) >= 11 is 0. The van der Waals surface area contributed by atoms with Crippen LogP contribution in [0.4, 0.5) is 0 Å². The van der Waals surface area contributed by atoms with Crippen LogP contribution in [-0.2, 0) is 6.42 Å². The van der Waals surface area contributed by atoms with Crippen molar-refractivity contribution in [1.29, 1.82) is 0 Å². The molecule has 0 spiro atoms. The Labute approximate surface area is 86.7 Å². The fourth-order valence-corrected chi connectivity index (χ4v) is 2.42. The Morgan fingerprint density at radius 2 is 2.00 bits per heavy atom. The largest absolute Gasteiger partial charge is 0.303 e. The highest BCUT2D eigenvalue weighted by Crippen LogP contribution is 2.24.